The molecule has 1 aromatic heterocycles. The van der Waals surface area contributed by atoms with Crippen LogP contribution in [0.4, 0.5) is 8.78 Å². The Labute approximate surface area is 109 Å². The molecule has 1 atom stereocenters. The summed E-state index contributed by atoms with van der Waals surface area (Å²) in [6, 6.07) is 5.01. The number of benzene rings is 1. The van der Waals surface area contributed by atoms with Crippen molar-refractivity contribution in [2.75, 3.05) is 0 Å². The Morgan fingerprint density at radius 1 is 1.21 bits per heavy atom. The van der Waals surface area contributed by atoms with Gasteiger partial charge in [0.25, 0.3) is 0 Å². The van der Waals surface area contributed by atoms with E-state index in [9.17, 15) is 17.2 Å². The van der Waals surface area contributed by atoms with Crippen LogP contribution >= 0.6 is 0 Å². The summed E-state index contributed by atoms with van der Waals surface area (Å²) < 4.78 is 57.1. The number of rotatable bonds is 4. The van der Waals surface area contributed by atoms with Gasteiger partial charge in [0.05, 0.1) is 17.2 Å². The van der Waals surface area contributed by atoms with Crippen molar-refractivity contribution in [1.29, 1.82) is 0 Å². The van der Waals surface area contributed by atoms with E-state index in [1.54, 1.807) is 19.1 Å². The van der Waals surface area contributed by atoms with Gasteiger partial charge in [-0.3, -0.25) is 0 Å². The Hall–Kier alpha value is -1.73. The molecule has 0 unspecified atom stereocenters. The molecule has 1 heterocycles. The van der Waals surface area contributed by atoms with Crippen molar-refractivity contribution in [2.45, 2.75) is 17.9 Å². The lowest BCUT2D eigenvalue weighted by molar-refractivity contribution is 0.459. The zero-order valence-electron chi connectivity index (χ0n) is 9.93. The van der Waals surface area contributed by atoms with E-state index in [0.717, 1.165) is 12.1 Å². The summed E-state index contributed by atoms with van der Waals surface area (Å²) in [5.41, 5.74) is 0. The molecule has 1 aromatic carbocycles. The molecule has 0 fully saturated rings. The molecule has 102 valence electrons. The highest BCUT2D eigenvalue weighted by Gasteiger charge is 2.21. The Morgan fingerprint density at radius 3 is 2.53 bits per heavy atom. The highest BCUT2D eigenvalue weighted by Crippen LogP contribution is 2.18. The van der Waals surface area contributed by atoms with Crippen molar-refractivity contribution in [2.24, 2.45) is 0 Å². The van der Waals surface area contributed by atoms with E-state index in [-0.39, 0.29) is 4.90 Å². The van der Waals surface area contributed by atoms with Gasteiger partial charge in [0.1, 0.15) is 5.76 Å². The summed E-state index contributed by atoms with van der Waals surface area (Å²) in [5.74, 6) is -1.89. The largest absolute Gasteiger partial charge is 0.468 e. The smallest absolute Gasteiger partial charge is 0.241 e. The third-order valence-corrected chi connectivity index (χ3v) is 4.04. The summed E-state index contributed by atoms with van der Waals surface area (Å²) in [6.45, 7) is 1.58. The Balaban J connectivity index is 2.25. The number of nitrogens with one attached hydrogen (secondary N) is 1. The minimum absolute atomic E-state index is 0.343. The summed E-state index contributed by atoms with van der Waals surface area (Å²) in [5, 5.41) is 0. The zero-order chi connectivity index (χ0) is 14.0. The number of halogens is 2. The normalized spacial score (nSPS) is 13.4. The van der Waals surface area contributed by atoms with E-state index < -0.39 is 27.7 Å². The summed E-state index contributed by atoms with van der Waals surface area (Å²) in [6.07, 6.45) is 1.41. The standard InChI is InChI=1S/C12H11F2NO3S/c1-8(12-3-2-6-18-12)15-19(16,17)9-4-5-10(13)11(14)7-9/h2-8,15H,1H3/t8-/m1/s1. The maximum absolute atomic E-state index is 13.0. The molecule has 4 nitrogen and oxygen atoms in total. The van der Waals surface area contributed by atoms with Gasteiger partial charge in [-0.2, -0.15) is 0 Å². The number of furan rings is 1. The first-order valence-corrected chi connectivity index (χ1v) is 6.89. The van der Waals surface area contributed by atoms with Gasteiger partial charge in [0.2, 0.25) is 10.0 Å². The molecule has 0 saturated carbocycles. The topological polar surface area (TPSA) is 59.3 Å². The summed E-state index contributed by atoms with van der Waals surface area (Å²) in [7, 11) is -3.94. The molecule has 0 spiro atoms. The van der Waals surface area contributed by atoms with E-state index >= 15 is 0 Å². The highest BCUT2D eigenvalue weighted by molar-refractivity contribution is 7.89. The van der Waals surface area contributed by atoms with E-state index in [4.69, 9.17) is 4.42 Å². The van der Waals surface area contributed by atoms with Crippen LogP contribution in [-0.2, 0) is 10.0 Å². The van der Waals surface area contributed by atoms with Crippen LogP contribution in [0.5, 0.6) is 0 Å². The van der Waals surface area contributed by atoms with E-state index in [1.165, 1.54) is 6.26 Å². The average molecular weight is 287 g/mol. The summed E-state index contributed by atoms with van der Waals surface area (Å²) >= 11 is 0. The van der Waals surface area contributed by atoms with Gasteiger partial charge >= 0.3 is 0 Å². The molecule has 2 aromatic rings. The molecule has 7 heteroatoms. The minimum atomic E-state index is -3.94. The van der Waals surface area contributed by atoms with Crippen LogP contribution in [0, 0.1) is 11.6 Å². The molecule has 0 bridgehead atoms. The quantitative estimate of drug-likeness (QED) is 0.940. The number of sulfonamides is 1. The van der Waals surface area contributed by atoms with E-state index in [1.807, 2.05) is 0 Å². The molecule has 0 aliphatic carbocycles. The fourth-order valence-corrected chi connectivity index (χ4v) is 2.76. The lowest BCUT2D eigenvalue weighted by Crippen LogP contribution is -2.26. The van der Waals surface area contributed by atoms with Gasteiger partial charge in [-0.1, -0.05) is 0 Å². The molecule has 0 saturated heterocycles. The molecule has 0 aliphatic rings. The first-order chi connectivity index (χ1) is 8.90. The lowest BCUT2D eigenvalue weighted by Gasteiger charge is -2.12. The van der Waals surface area contributed by atoms with Crippen molar-refractivity contribution >= 4 is 10.0 Å². The first-order valence-electron chi connectivity index (χ1n) is 5.41. The molecule has 19 heavy (non-hydrogen) atoms. The second-order valence-corrected chi connectivity index (χ2v) is 5.65. The third kappa shape index (κ3) is 2.99. The van der Waals surface area contributed by atoms with Gasteiger partial charge in [-0.15, -0.1) is 0 Å². The van der Waals surface area contributed by atoms with Crippen LogP contribution in [0.1, 0.15) is 18.7 Å². The fourth-order valence-electron chi connectivity index (χ4n) is 1.54. The monoisotopic (exact) mass is 287 g/mol. The number of hydrogen-bond acceptors (Lipinski definition) is 3. The molecule has 0 radical (unpaired) electrons. The molecule has 0 amide bonds. The van der Waals surface area contributed by atoms with Crippen LogP contribution in [-0.4, -0.2) is 8.42 Å². The molecular formula is C12H11F2NO3S. The maximum atomic E-state index is 13.0. The average Bonchev–Trinajstić information content (AvgIpc) is 2.85. The van der Waals surface area contributed by atoms with Crippen LogP contribution < -0.4 is 4.72 Å². The highest BCUT2D eigenvalue weighted by atomic mass is 32.2. The zero-order valence-corrected chi connectivity index (χ0v) is 10.7. The molecule has 0 aliphatic heterocycles. The van der Waals surface area contributed by atoms with Crippen molar-refractivity contribution in [3.05, 3.63) is 54.0 Å². The third-order valence-electron chi connectivity index (χ3n) is 2.50. The van der Waals surface area contributed by atoms with E-state index in [2.05, 4.69) is 4.72 Å². The maximum Gasteiger partial charge on any atom is 0.241 e. The van der Waals surface area contributed by atoms with Crippen LogP contribution in [0.3, 0.4) is 0 Å². The predicted octanol–water partition coefficient (Wildman–Crippen LogP) is 2.60. The predicted molar refractivity (Wildman–Crippen MR) is 63.8 cm³/mol. The Bertz CT molecular complexity index is 668. The van der Waals surface area contributed by atoms with Crippen LogP contribution in [0.15, 0.2) is 45.9 Å². The van der Waals surface area contributed by atoms with Crippen molar-refractivity contribution < 1.29 is 21.6 Å². The Kier molecular flexibility index (Phi) is 3.68. The van der Waals surface area contributed by atoms with Gasteiger partial charge in [0.15, 0.2) is 11.6 Å². The van der Waals surface area contributed by atoms with Gasteiger partial charge in [-0.25, -0.2) is 21.9 Å². The van der Waals surface area contributed by atoms with Gasteiger partial charge < -0.3 is 4.42 Å². The fraction of sp³-hybridized carbons (Fsp3) is 0.167. The molecule has 1 N–H and O–H groups in total. The SMILES string of the molecule is C[C@@H](NS(=O)(=O)c1ccc(F)c(F)c1)c1ccco1. The van der Waals surface area contributed by atoms with Crippen LogP contribution in [0.25, 0.3) is 0 Å². The summed E-state index contributed by atoms with van der Waals surface area (Å²) in [4.78, 5) is -0.343. The van der Waals surface area contributed by atoms with Gasteiger partial charge in [0, 0.05) is 0 Å². The van der Waals surface area contributed by atoms with Crippen molar-refractivity contribution in [3.8, 4) is 0 Å². The van der Waals surface area contributed by atoms with E-state index in [0.29, 0.717) is 11.8 Å². The second kappa shape index (κ2) is 5.10. The van der Waals surface area contributed by atoms with Crippen molar-refractivity contribution in [1.82, 2.24) is 4.72 Å². The minimum Gasteiger partial charge on any atom is -0.468 e. The molecule has 2 rings (SSSR count). The van der Waals surface area contributed by atoms with Crippen LogP contribution in [0.2, 0.25) is 0 Å². The molecular weight excluding hydrogens is 276 g/mol. The first kappa shape index (κ1) is 13.7. The Morgan fingerprint density at radius 2 is 1.95 bits per heavy atom. The second-order valence-electron chi connectivity index (χ2n) is 3.93. The lowest BCUT2D eigenvalue weighted by atomic mass is 10.3. The van der Waals surface area contributed by atoms with Gasteiger partial charge in [-0.05, 0) is 37.3 Å². The van der Waals surface area contributed by atoms with Crippen molar-refractivity contribution in [3.63, 3.8) is 0 Å². The number of hydrogen-bond donors (Lipinski definition) is 1.